The Balaban J connectivity index is 3.07. The minimum absolute atomic E-state index is 0.347. The van der Waals surface area contributed by atoms with Gasteiger partial charge >= 0.3 is 5.97 Å². The zero-order chi connectivity index (χ0) is 7.56. The SMILES string of the molecule is [14CH3]c1cccc(C(=O)O)c1. The van der Waals surface area contributed by atoms with Gasteiger partial charge in [-0.15, -0.1) is 0 Å². The largest absolute Gasteiger partial charge is 0.478 e. The first-order valence-corrected chi connectivity index (χ1v) is 3.00. The van der Waals surface area contributed by atoms with Gasteiger partial charge in [0.2, 0.25) is 0 Å². The molecule has 0 aromatic heterocycles. The van der Waals surface area contributed by atoms with Gasteiger partial charge in [-0.3, -0.25) is 0 Å². The summed E-state index contributed by atoms with van der Waals surface area (Å²) in [5.41, 5.74) is 1.32. The summed E-state index contributed by atoms with van der Waals surface area (Å²) < 4.78 is 0. The summed E-state index contributed by atoms with van der Waals surface area (Å²) >= 11 is 0. The van der Waals surface area contributed by atoms with Gasteiger partial charge in [0, 0.05) is 0 Å². The molecule has 0 aliphatic carbocycles. The Kier molecular flexibility index (Phi) is 1.71. The lowest BCUT2D eigenvalue weighted by Crippen LogP contribution is -1.95. The van der Waals surface area contributed by atoms with E-state index in [-0.39, 0.29) is 0 Å². The second-order valence-electron chi connectivity index (χ2n) is 2.17. The van der Waals surface area contributed by atoms with Gasteiger partial charge in [0.1, 0.15) is 0 Å². The molecule has 2 heteroatoms. The predicted octanol–water partition coefficient (Wildman–Crippen LogP) is 1.69. The van der Waals surface area contributed by atoms with Crippen molar-refractivity contribution in [1.29, 1.82) is 0 Å². The standard InChI is InChI=1S/C8H8O2/c1-6-3-2-4-7(5-6)8(9)10/h2-5H,1H3,(H,9,10)/i1+2. The minimum atomic E-state index is -0.872. The molecule has 0 spiro atoms. The van der Waals surface area contributed by atoms with Crippen molar-refractivity contribution in [2.45, 2.75) is 6.92 Å². The average molecular weight is 138 g/mol. The molecule has 2 nitrogen and oxygen atoms in total. The molecule has 0 saturated heterocycles. The highest BCUT2D eigenvalue weighted by Gasteiger charge is 1.99. The van der Waals surface area contributed by atoms with Crippen LogP contribution in [0.15, 0.2) is 24.3 Å². The molecule has 0 fully saturated rings. The molecule has 0 radical (unpaired) electrons. The molecule has 0 atom stereocenters. The van der Waals surface area contributed by atoms with Crippen LogP contribution < -0.4 is 0 Å². The van der Waals surface area contributed by atoms with Crippen molar-refractivity contribution in [3.8, 4) is 0 Å². The van der Waals surface area contributed by atoms with Crippen LogP contribution in [-0.4, -0.2) is 11.1 Å². The third-order valence-corrected chi connectivity index (χ3v) is 1.27. The molecule has 52 valence electrons. The smallest absolute Gasteiger partial charge is 0.335 e. The quantitative estimate of drug-likeness (QED) is 0.641. The molecule has 10 heavy (non-hydrogen) atoms. The van der Waals surface area contributed by atoms with Gasteiger partial charge in [0.15, 0.2) is 0 Å². The molecule has 0 amide bonds. The molecule has 0 aliphatic heterocycles. The Morgan fingerprint density at radius 3 is 2.60 bits per heavy atom. The van der Waals surface area contributed by atoms with Crippen LogP contribution in [0.2, 0.25) is 0 Å². The maximum Gasteiger partial charge on any atom is 0.335 e. The average Bonchev–Trinajstić information content (AvgIpc) is 1.88. The molecule has 0 aliphatic rings. The van der Waals surface area contributed by atoms with Crippen molar-refractivity contribution in [2.75, 3.05) is 0 Å². The number of carboxylic acid groups (broad SMARTS) is 1. The normalized spacial score (nSPS) is 9.30. The molecule has 0 heterocycles. The number of hydrogen-bond donors (Lipinski definition) is 1. The van der Waals surface area contributed by atoms with E-state index in [9.17, 15) is 4.79 Å². The third-order valence-electron chi connectivity index (χ3n) is 1.27. The Bertz CT molecular complexity index is 253. The van der Waals surface area contributed by atoms with Crippen LogP contribution in [-0.2, 0) is 0 Å². The Morgan fingerprint density at radius 2 is 2.20 bits per heavy atom. The van der Waals surface area contributed by atoms with Crippen LogP contribution in [0.1, 0.15) is 15.9 Å². The second-order valence-corrected chi connectivity index (χ2v) is 2.17. The monoisotopic (exact) mass is 138 g/mol. The van der Waals surface area contributed by atoms with Crippen molar-refractivity contribution in [1.82, 2.24) is 0 Å². The molecule has 1 aromatic carbocycles. The molecule has 1 N–H and O–H groups in total. The van der Waals surface area contributed by atoms with Crippen LogP contribution in [0.25, 0.3) is 0 Å². The fourth-order valence-electron chi connectivity index (χ4n) is 0.778. The Hall–Kier alpha value is -1.31. The van der Waals surface area contributed by atoms with Crippen LogP contribution >= 0.6 is 0 Å². The van der Waals surface area contributed by atoms with E-state index in [0.29, 0.717) is 5.56 Å². The first-order chi connectivity index (χ1) is 4.70. The molecule has 0 unspecified atom stereocenters. The van der Waals surface area contributed by atoms with E-state index in [0.717, 1.165) is 5.56 Å². The van der Waals surface area contributed by atoms with E-state index in [1.54, 1.807) is 18.2 Å². The van der Waals surface area contributed by atoms with Crippen molar-refractivity contribution in [2.24, 2.45) is 0 Å². The van der Waals surface area contributed by atoms with Gasteiger partial charge in [-0.05, 0) is 19.1 Å². The summed E-state index contributed by atoms with van der Waals surface area (Å²) in [7, 11) is 0. The summed E-state index contributed by atoms with van der Waals surface area (Å²) in [4.78, 5) is 10.4. The summed E-state index contributed by atoms with van der Waals surface area (Å²) in [5.74, 6) is -0.872. The highest BCUT2D eigenvalue weighted by atomic mass is 16.4. The lowest BCUT2D eigenvalue weighted by atomic mass is 10.2. The predicted molar refractivity (Wildman–Crippen MR) is 38.1 cm³/mol. The number of aryl methyl sites for hydroxylation is 1. The lowest BCUT2D eigenvalue weighted by molar-refractivity contribution is 0.0697. The van der Waals surface area contributed by atoms with Gasteiger partial charge in [-0.1, -0.05) is 17.7 Å². The lowest BCUT2D eigenvalue weighted by Gasteiger charge is -1.93. The zero-order valence-electron chi connectivity index (χ0n) is 5.66. The van der Waals surface area contributed by atoms with Crippen molar-refractivity contribution in [3.05, 3.63) is 35.4 Å². The highest BCUT2D eigenvalue weighted by molar-refractivity contribution is 5.87. The fourth-order valence-corrected chi connectivity index (χ4v) is 0.778. The molecular formula is C8H8O2. The maximum atomic E-state index is 10.4. The van der Waals surface area contributed by atoms with Crippen molar-refractivity contribution < 1.29 is 9.90 Å². The molecule has 0 bridgehead atoms. The van der Waals surface area contributed by atoms with Crippen LogP contribution in [0.4, 0.5) is 0 Å². The first-order valence-electron chi connectivity index (χ1n) is 3.00. The van der Waals surface area contributed by atoms with E-state index < -0.39 is 5.97 Å². The van der Waals surface area contributed by atoms with E-state index >= 15 is 0 Å². The van der Waals surface area contributed by atoms with Gasteiger partial charge in [0.25, 0.3) is 0 Å². The molecule has 1 aromatic rings. The van der Waals surface area contributed by atoms with E-state index in [1.165, 1.54) is 0 Å². The Morgan fingerprint density at radius 1 is 1.50 bits per heavy atom. The minimum Gasteiger partial charge on any atom is -0.478 e. The Labute approximate surface area is 59.1 Å². The van der Waals surface area contributed by atoms with E-state index in [2.05, 4.69) is 0 Å². The number of hydrogen-bond acceptors (Lipinski definition) is 1. The van der Waals surface area contributed by atoms with E-state index in [4.69, 9.17) is 5.11 Å². The highest BCUT2D eigenvalue weighted by Crippen LogP contribution is 2.02. The first kappa shape index (κ1) is 6.81. The van der Waals surface area contributed by atoms with Gasteiger partial charge in [-0.2, -0.15) is 0 Å². The topological polar surface area (TPSA) is 37.3 Å². The van der Waals surface area contributed by atoms with Gasteiger partial charge in [-0.25, -0.2) is 4.79 Å². The van der Waals surface area contributed by atoms with Crippen LogP contribution in [0.3, 0.4) is 0 Å². The van der Waals surface area contributed by atoms with Crippen LogP contribution in [0, 0.1) is 6.92 Å². The van der Waals surface area contributed by atoms with Crippen molar-refractivity contribution >= 4 is 5.97 Å². The fraction of sp³-hybridized carbons (Fsp3) is 0.125. The van der Waals surface area contributed by atoms with E-state index in [1.807, 2.05) is 13.0 Å². The maximum absolute atomic E-state index is 10.4. The number of carbonyl (C=O) groups is 1. The number of rotatable bonds is 1. The zero-order valence-corrected chi connectivity index (χ0v) is 5.66. The second kappa shape index (κ2) is 2.52. The summed E-state index contributed by atoms with van der Waals surface area (Å²) in [5, 5.41) is 8.51. The molecule has 0 saturated carbocycles. The van der Waals surface area contributed by atoms with Crippen LogP contribution in [0.5, 0.6) is 0 Å². The number of carboxylic acids is 1. The van der Waals surface area contributed by atoms with Crippen molar-refractivity contribution in [3.63, 3.8) is 0 Å². The molecular weight excluding hydrogens is 130 g/mol. The van der Waals surface area contributed by atoms with Gasteiger partial charge in [0.05, 0.1) is 5.56 Å². The summed E-state index contributed by atoms with van der Waals surface area (Å²) in [6.07, 6.45) is 0. The number of benzene rings is 1. The van der Waals surface area contributed by atoms with Gasteiger partial charge < -0.3 is 5.11 Å². The molecule has 1 rings (SSSR count). The number of aromatic carboxylic acids is 1. The summed E-state index contributed by atoms with van der Waals surface area (Å²) in [6, 6.07) is 6.82. The summed E-state index contributed by atoms with van der Waals surface area (Å²) in [6.45, 7) is 1.87. The third kappa shape index (κ3) is 1.35.